The van der Waals surface area contributed by atoms with Gasteiger partial charge in [-0.15, -0.1) is 12.3 Å². The minimum atomic E-state index is -1.02. The first-order valence-corrected chi connectivity index (χ1v) is 12.6. The molecule has 2 heterocycles. The molecule has 0 spiro atoms. The standard InChI is InChI=1S/C28H35FN4O4/c1-3-7-24-28(36)33-25(26(34)18-31-17-21-10-19(4-2)15-30-16-21)13-20-11-22(29)14-23(12-20)37-9-6-5-8-27(35)32-24/h1,10-12,14-16,24-26,31,34H,4-9,13,17-18H2,2H3,(H,32,35)(H,33,36)/t24?,25-,26+/m0/s1. The Hall–Kier alpha value is -3.48. The predicted octanol–water partition coefficient (Wildman–Crippen LogP) is 2.03. The maximum Gasteiger partial charge on any atom is 0.243 e. The molecule has 9 heteroatoms. The molecule has 4 N–H and O–H groups in total. The van der Waals surface area contributed by atoms with Gasteiger partial charge in [-0.3, -0.25) is 14.6 Å². The molecule has 1 aliphatic rings. The number of amides is 2. The summed E-state index contributed by atoms with van der Waals surface area (Å²) in [5.74, 6) is 1.52. The topological polar surface area (TPSA) is 113 Å². The Morgan fingerprint density at radius 2 is 2.03 bits per heavy atom. The van der Waals surface area contributed by atoms with E-state index in [-0.39, 0.29) is 31.7 Å². The number of aliphatic hydroxyl groups excluding tert-OH is 1. The minimum Gasteiger partial charge on any atom is -0.493 e. The summed E-state index contributed by atoms with van der Waals surface area (Å²) < 4.78 is 20.0. The average molecular weight is 511 g/mol. The van der Waals surface area contributed by atoms with Crippen LogP contribution >= 0.6 is 0 Å². The second kappa shape index (κ2) is 14.3. The number of aliphatic hydroxyl groups is 1. The number of hydrogen-bond donors (Lipinski definition) is 4. The number of terminal acetylenes is 1. The van der Waals surface area contributed by atoms with E-state index in [1.807, 2.05) is 12.3 Å². The second-order valence-electron chi connectivity index (χ2n) is 9.20. The van der Waals surface area contributed by atoms with E-state index in [0.29, 0.717) is 37.3 Å². The van der Waals surface area contributed by atoms with Crippen molar-refractivity contribution in [3.63, 3.8) is 0 Å². The van der Waals surface area contributed by atoms with E-state index in [0.717, 1.165) is 17.5 Å². The fourth-order valence-electron chi connectivity index (χ4n) is 4.15. The van der Waals surface area contributed by atoms with Crippen LogP contribution in [0.25, 0.3) is 0 Å². The first-order valence-electron chi connectivity index (χ1n) is 12.6. The molecule has 1 unspecified atom stereocenters. The number of halogens is 1. The van der Waals surface area contributed by atoms with Crippen molar-refractivity contribution in [2.45, 2.75) is 70.2 Å². The summed E-state index contributed by atoms with van der Waals surface area (Å²) in [5.41, 5.74) is 2.65. The first-order chi connectivity index (χ1) is 17.9. The molecule has 8 nitrogen and oxygen atoms in total. The van der Waals surface area contributed by atoms with Crippen molar-refractivity contribution in [1.82, 2.24) is 20.9 Å². The zero-order valence-corrected chi connectivity index (χ0v) is 21.1. The minimum absolute atomic E-state index is 0.00658. The maximum absolute atomic E-state index is 14.3. The predicted molar refractivity (Wildman–Crippen MR) is 138 cm³/mol. The van der Waals surface area contributed by atoms with Crippen molar-refractivity contribution in [1.29, 1.82) is 0 Å². The number of ether oxygens (including phenoxy) is 1. The molecule has 2 aromatic rings. The third-order valence-corrected chi connectivity index (χ3v) is 6.16. The number of fused-ring (bicyclic) bond motifs is 2. The van der Waals surface area contributed by atoms with Gasteiger partial charge in [0, 0.05) is 44.4 Å². The lowest BCUT2D eigenvalue weighted by molar-refractivity contribution is -0.129. The Bertz CT molecular complexity index is 1100. The summed E-state index contributed by atoms with van der Waals surface area (Å²) in [6, 6.07) is 4.67. The number of carbonyl (C=O) groups excluding carboxylic acids is 2. The van der Waals surface area contributed by atoms with Gasteiger partial charge in [-0.1, -0.05) is 13.0 Å². The SMILES string of the molecule is C#CCC1NC(=O)CCCCOc2cc(F)cc(c2)C[C@@H]([C@H](O)CNCc2cncc(CC)c2)NC1=O. The van der Waals surface area contributed by atoms with Crippen LogP contribution in [0.1, 0.15) is 49.3 Å². The third kappa shape index (κ3) is 9.16. The number of hydrogen-bond acceptors (Lipinski definition) is 6. The van der Waals surface area contributed by atoms with Crippen LogP contribution in [-0.4, -0.2) is 53.2 Å². The normalized spacial score (nSPS) is 19.8. The van der Waals surface area contributed by atoms with Crippen LogP contribution in [-0.2, 0) is 29.0 Å². The van der Waals surface area contributed by atoms with Crippen LogP contribution in [0.2, 0.25) is 0 Å². The van der Waals surface area contributed by atoms with Gasteiger partial charge in [-0.05, 0) is 54.5 Å². The molecule has 3 rings (SSSR count). The van der Waals surface area contributed by atoms with E-state index in [4.69, 9.17) is 11.2 Å². The quantitative estimate of drug-likeness (QED) is 0.424. The fourth-order valence-corrected chi connectivity index (χ4v) is 4.15. The van der Waals surface area contributed by atoms with Crippen LogP contribution < -0.4 is 20.7 Å². The van der Waals surface area contributed by atoms with Gasteiger partial charge in [0.25, 0.3) is 0 Å². The molecule has 2 bridgehead atoms. The van der Waals surface area contributed by atoms with Gasteiger partial charge in [-0.25, -0.2) is 4.39 Å². The fraction of sp³-hybridized carbons (Fsp3) is 0.464. The molecular formula is C28H35FN4O4. The Morgan fingerprint density at radius 1 is 1.22 bits per heavy atom. The van der Waals surface area contributed by atoms with E-state index in [9.17, 15) is 19.1 Å². The number of carbonyl (C=O) groups is 2. The van der Waals surface area contributed by atoms with Crippen LogP contribution in [0.4, 0.5) is 4.39 Å². The Labute approximate surface area is 217 Å². The average Bonchev–Trinajstić information content (AvgIpc) is 2.87. The highest BCUT2D eigenvalue weighted by atomic mass is 19.1. The summed E-state index contributed by atoms with van der Waals surface area (Å²) >= 11 is 0. The van der Waals surface area contributed by atoms with Gasteiger partial charge in [0.05, 0.1) is 18.8 Å². The lowest BCUT2D eigenvalue weighted by atomic mass is 9.99. The van der Waals surface area contributed by atoms with Crippen LogP contribution in [0, 0.1) is 18.2 Å². The van der Waals surface area contributed by atoms with Gasteiger partial charge in [0.2, 0.25) is 11.8 Å². The molecule has 3 atom stereocenters. The Morgan fingerprint density at radius 3 is 2.81 bits per heavy atom. The van der Waals surface area contributed by atoms with E-state index >= 15 is 0 Å². The molecule has 0 saturated heterocycles. The summed E-state index contributed by atoms with van der Waals surface area (Å²) in [7, 11) is 0. The van der Waals surface area contributed by atoms with Gasteiger partial charge in [-0.2, -0.15) is 0 Å². The van der Waals surface area contributed by atoms with Crippen molar-refractivity contribution >= 4 is 11.8 Å². The van der Waals surface area contributed by atoms with Gasteiger partial charge < -0.3 is 25.8 Å². The number of pyridine rings is 1. The zero-order valence-electron chi connectivity index (χ0n) is 21.1. The van der Waals surface area contributed by atoms with Crippen LogP contribution in [0.15, 0.2) is 36.7 Å². The largest absolute Gasteiger partial charge is 0.493 e. The van der Waals surface area contributed by atoms with Crippen molar-refractivity contribution in [2.24, 2.45) is 0 Å². The molecule has 1 aliphatic heterocycles. The number of aryl methyl sites for hydroxylation is 1. The van der Waals surface area contributed by atoms with Crippen molar-refractivity contribution < 1.29 is 23.8 Å². The Balaban J connectivity index is 1.78. The molecule has 37 heavy (non-hydrogen) atoms. The molecule has 1 aromatic heterocycles. The smallest absolute Gasteiger partial charge is 0.243 e. The summed E-state index contributed by atoms with van der Waals surface area (Å²) in [4.78, 5) is 29.7. The molecule has 2 amide bonds. The number of nitrogens with zero attached hydrogens (tertiary/aromatic N) is 1. The number of nitrogens with one attached hydrogen (secondary N) is 3. The number of rotatable bonds is 7. The van der Waals surface area contributed by atoms with Crippen LogP contribution in [0.3, 0.4) is 0 Å². The van der Waals surface area contributed by atoms with E-state index in [2.05, 4.69) is 33.8 Å². The van der Waals surface area contributed by atoms with E-state index < -0.39 is 29.9 Å². The van der Waals surface area contributed by atoms with Crippen molar-refractivity contribution in [3.05, 3.63) is 59.2 Å². The van der Waals surface area contributed by atoms with Gasteiger partial charge in [0.15, 0.2) is 0 Å². The molecule has 198 valence electrons. The molecule has 1 aromatic carbocycles. The van der Waals surface area contributed by atoms with Gasteiger partial charge in [0.1, 0.15) is 17.6 Å². The maximum atomic E-state index is 14.3. The summed E-state index contributed by atoms with van der Waals surface area (Å²) in [6.07, 6.45) is 10.4. The van der Waals surface area contributed by atoms with E-state index in [1.165, 1.54) is 12.1 Å². The molecular weight excluding hydrogens is 475 g/mol. The van der Waals surface area contributed by atoms with Crippen LogP contribution in [0.5, 0.6) is 5.75 Å². The highest BCUT2D eigenvalue weighted by Crippen LogP contribution is 2.19. The lowest BCUT2D eigenvalue weighted by Crippen LogP contribution is -2.54. The molecule has 0 radical (unpaired) electrons. The Kier molecular flexibility index (Phi) is 10.9. The van der Waals surface area contributed by atoms with E-state index in [1.54, 1.807) is 12.3 Å². The molecule has 0 fully saturated rings. The summed E-state index contributed by atoms with van der Waals surface area (Å²) in [5, 5.41) is 19.8. The lowest BCUT2D eigenvalue weighted by Gasteiger charge is -2.27. The number of benzene rings is 1. The highest BCUT2D eigenvalue weighted by Gasteiger charge is 2.27. The van der Waals surface area contributed by atoms with Crippen molar-refractivity contribution in [2.75, 3.05) is 13.2 Å². The molecule has 0 aliphatic carbocycles. The van der Waals surface area contributed by atoms with Crippen molar-refractivity contribution in [3.8, 4) is 18.1 Å². The van der Waals surface area contributed by atoms with Gasteiger partial charge >= 0.3 is 0 Å². The monoisotopic (exact) mass is 510 g/mol. The summed E-state index contributed by atoms with van der Waals surface area (Å²) in [6.45, 7) is 3.01. The second-order valence-corrected chi connectivity index (χ2v) is 9.20. The first kappa shape index (κ1) is 28.1. The highest BCUT2D eigenvalue weighted by molar-refractivity contribution is 5.88. The third-order valence-electron chi connectivity index (χ3n) is 6.16. The number of aromatic nitrogens is 1. The zero-order chi connectivity index (χ0) is 26.6. The molecule has 0 saturated carbocycles.